The van der Waals surface area contributed by atoms with E-state index in [2.05, 4.69) is 33.8 Å². The monoisotopic (exact) mass is 238 g/mol. The fourth-order valence-electron chi connectivity index (χ4n) is 3.33. The van der Waals surface area contributed by atoms with E-state index in [1.165, 1.54) is 12.0 Å². The van der Waals surface area contributed by atoms with Gasteiger partial charge in [0, 0.05) is 5.41 Å². The molecule has 2 atom stereocenters. The second-order valence-electron chi connectivity index (χ2n) is 5.98. The summed E-state index contributed by atoms with van der Waals surface area (Å²) in [6, 6.07) is 0. The number of hydrogen-bond donors (Lipinski definition) is 0. The average molecular weight is 238 g/mol. The summed E-state index contributed by atoms with van der Waals surface area (Å²) in [6.07, 6.45) is 5.79. The van der Waals surface area contributed by atoms with Crippen molar-refractivity contribution < 1.29 is 9.47 Å². The van der Waals surface area contributed by atoms with Crippen molar-refractivity contribution in [1.29, 1.82) is 0 Å². The van der Waals surface area contributed by atoms with Gasteiger partial charge in [0.25, 0.3) is 0 Å². The normalized spacial score (nSPS) is 42.6. The predicted molar refractivity (Wildman–Crippen MR) is 69.7 cm³/mol. The Balaban J connectivity index is 2.06. The fraction of sp³-hybridized carbons (Fsp3) is 0.867. The zero-order valence-electron chi connectivity index (χ0n) is 11.7. The maximum atomic E-state index is 5.94. The van der Waals surface area contributed by atoms with E-state index in [1.807, 2.05) is 0 Å². The van der Waals surface area contributed by atoms with Gasteiger partial charge in [-0.2, -0.15) is 0 Å². The Morgan fingerprint density at radius 2 is 1.94 bits per heavy atom. The van der Waals surface area contributed by atoms with Crippen molar-refractivity contribution >= 4 is 0 Å². The largest absolute Gasteiger partial charge is 0.352 e. The lowest BCUT2D eigenvalue weighted by Crippen LogP contribution is -2.50. The molecule has 0 N–H and O–H groups in total. The lowest BCUT2D eigenvalue weighted by atomic mass is 9.63. The Hall–Kier alpha value is -0.340. The topological polar surface area (TPSA) is 18.5 Å². The third-order valence-corrected chi connectivity index (χ3v) is 4.65. The quantitative estimate of drug-likeness (QED) is 0.682. The van der Waals surface area contributed by atoms with Gasteiger partial charge in [0.1, 0.15) is 0 Å². The van der Waals surface area contributed by atoms with Crippen LogP contribution in [-0.4, -0.2) is 19.5 Å². The highest BCUT2D eigenvalue weighted by atomic mass is 16.7. The molecule has 17 heavy (non-hydrogen) atoms. The Morgan fingerprint density at radius 1 is 1.29 bits per heavy atom. The van der Waals surface area contributed by atoms with Crippen LogP contribution in [0.4, 0.5) is 0 Å². The minimum atomic E-state index is 0.0389. The Morgan fingerprint density at radius 3 is 2.47 bits per heavy atom. The first-order chi connectivity index (χ1) is 8.08. The lowest BCUT2D eigenvalue weighted by Gasteiger charge is -2.49. The Labute approximate surface area is 105 Å². The van der Waals surface area contributed by atoms with E-state index in [1.54, 1.807) is 0 Å². The van der Waals surface area contributed by atoms with Crippen LogP contribution >= 0.6 is 0 Å². The molecule has 2 aliphatic rings. The molecule has 0 saturated carbocycles. The SMILES string of the molecule is CCCC1OCC2(CO1)[C@H](C)C=C(C)C[C@H]2C. The predicted octanol–water partition coefficient (Wildman–Crippen LogP) is 3.77. The molecule has 0 unspecified atom stereocenters. The highest BCUT2D eigenvalue weighted by Gasteiger charge is 2.46. The van der Waals surface area contributed by atoms with Crippen LogP contribution in [0, 0.1) is 17.3 Å². The van der Waals surface area contributed by atoms with E-state index in [4.69, 9.17) is 9.47 Å². The standard InChI is InChI=1S/C15H26O2/c1-5-6-14-16-9-15(10-17-14)12(3)7-11(2)8-13(15)4/h7,12-14H,5-6,8-10H2,1-4H3/t12-,13-,14?,15?/m1/s1. The van der Waals surface area contributed by atoms with E-state index >= 15 is 0 Å². The molecule has 1 aliphatic carbocycles. The molecule has 98 valence electrons. The van der Waals surface area contributed by atoms with Crippen molar-refractivity contribution in [2.24, 2.45) is 17.3 Å². The summed E-state index contributed by atoms with van der Waals surface area (Å²) >= 11 is 0. The summed E-state index contributed by atoms with van der Waals surface area (Å²) < 4.78 is 11.9. The molecule has 0 aromatic carbocycles. The third kappa shape index (κ3) is 2.43. The van der Waals surface area contributed by atoms with Gasteiger partial charge in [-0.15, -0.1) is 0 Å². The van der Waals surface area contributed by atoms with Crippen LogP contribution in [0.25, 0.3) is 0 Å². The fourth-order valence-corrected chi connectivity index (χ4v) is 3.33. The van der Waals surface area contributed by atoms with Crippen LogP contribution < -0.4 is 0 Å². The first kappa shape index (κ1) is 13.1. The molecule has 0 aromatic rings. The Kier molecular flexibility index (Phi) is 3.94. The number of allylic oxidation sites excluding steroid dienone is 2. The third-order valence-electron chi connectivity index (χ3n) is 4.65. The van der Waals surface area contributed by atoms with Gasteiger partial charge < -0.3 is 9.47 Å². The van der Waals surface area contributed by atoms with Crippen molar-refractivity contribution in [3.63, 3.8) is 0 Å². The van der Waals surface area contributed by atoms with Crippen molar-refractivity contribution in [3.05, 3.63) is 11.6 Å². The molecule has 2 heteroatoms. The second-order valence-corrected chi connectivity index (χ2v) is 5.98. The van der Waals surface area contributed by atoms with Crippen LogP contribution in [0.15, 0.2) is 11.6 Å². The van der Waals surface area contributed by atoms with Crippen molar-refractivity contribution in [1.82, 2.24) is 0 Å². The van der Waals surface area contributed by atoms with Gasteiger partial charge >= 0.3 is 0 Å². The van der Waals surface area contributed by atoms with Gasteiger partial charge in [0.05, 0.1) is 13.2 Å². The molecular weight excluding hydrogens is 212 g/mol. The summed E-state index contributed by atoms with van der Waals surface area (Å²) in [5.41, 5.74) is 1.73. The van der Waals surface area contributed by atoms with Crippen LogP contribution in [0.5, 0.6) is 0 Å². The van der Waals surface area contributed by atoms with Crippen LogP contribution in [0.2, 0.25) is 0 Å². The minimum absolute atomic E-state index is 0.0389. The van der Waals surface area contributed by atoms with E-state index in [0.717, 1.165) is 26.1 Å². The zero-order valence-corrected chi connectivity index (χ0v) is 11.7. The maximum Gasteiger partial charge on any atom is 0.157 e. The minimum Gasteiger partial charge on any atom is -0.352 e. The van der Waals surface area contributed by atoms with Gasteiger partial charge in [-0.3, -0.25) is 0 Å². The molecule has 1 saturated heterocycles. The molecule has 2 nitrogen and oxygen atoms in total. The average Bonchev–Trinajstić information content (AvgIpc) is 2.28. The summed E-state index contributed by atoms with van der Waals surface area (Å²) in [7, 11) is 0. The molecule has 0 amide bonds. The highest BCUT2D eigenvalue weighted by molar-refractivity contribution is 5.13. The maximum absolute atomic E-state index is 5.94. The molecule has 1 heterocycles. The smallest absolute Gasteiger partial charge is 0.157 e. The van der Waals surface area contributed by atoms with Crippen molar-refractivity contribution in [2.75, 3.05) is 13.2 Å². The van der Waals surface area contributed by atoms with Gasteiger partial charge in [0.2, 0.25) is 0 Å². The molecule has 1 spiro atoms. The summed E-state index contributed by atoms with van der Waals surface area (Å²) in [6.45, 7) is 10.8. The first-order valence-electron chi connectivity index (χ1n) is 6.99. The van der Waals surface area contributed by atoms with E-state index in [9.17, 15) is 0 Å². The van der Waals surface area contributed by atoms with Gasteiger partial charge in [-0.05, 0) is 31.6 Å². The summed E-state index contributed by atoms with van der Waals surface area (Å²) in [5, 5.41) is 0. The van der Waals surface area contributed by atoms with E-state index in [0.29, 0.717) is 11.8 Å². The van der Waals surface area contributed by atoms with Gasteiger partial charge in [-0.25, -0.2) is 0 Å². The van der Waals surface area contributed by atoms with Crippen LogP contribution in [-0.2, 0) is 9.47 Å². The Bertz CT molecular complexity index is 287. The molecule has 0 aromatic heterocycles. The molecule has 2 rings (SSSR count). The number of rotatable bonds is 2. The summed E-state index contributed by atoms with van der Waals surface area (Å²) in [5.74, 6) is 1.22. The zero-order chi connectivity index (χ0) is 12.5. The first-order valence-corrected chi connectivity index (χ1v) is 6.99. The molecule has 1 aliphatic heterocycles. The molecule has 0 bridgehead atoms. The molecule has 0 radical (unpaired) electrons. The van der Waals surface area contributed by atoms with Crippen molar-refractivity contribution in [3.8, 4) is 0 Å². The molecular formula is C15H26O2. The van der Waals surface area contributed by atoms with Crippen molar-refractivity contribution in [2.45, 2.75) is 53.2 Å². The van der Waals surface area contributed by atoms with E-state index in [-0.39, 0.29) is 11.7 Å². The van der Waals surface area contributed by atoms with Crippen LogP contribution in [0.1, 0.15) is 47.0 Å². The van der Waals surface area contributed by atoms with Gasteiger partial charge in [0.15, 0.2) is 6.29 Å². The van der Waals surface area contributed by atoms with E-state index < -0.39 is 0 Å². The van der Waals surface area contributed by atoms with Gasteiger partial charge in [-0.1, -0.05) is 38.8 Å². The lowest BCUT2D eigenvalue weighted by molar-refractivity contribution is -0.251. The second kappa shape index (κ2) is 5.11. The number of ether oxygens (including phenoxy) is 2. The number of hydrogen-bond acceptors (Lipinski definition) is 2. The molecule has 1 fully saturated rings. The summed E-state index contributed by atoms with van der Waals surface area (Å²) in [4.78, 5) is 0. The van der Waals surface area contributed by atoms with Crippen LogP contribution in [0.3, 0.4) is 0 Å². The highest BCUT2D eigenvalue weighted by Crippen LogP contribution is 2.46.